The monoisotopic (exact) mass is 520 g/mol. The molecule has 3 aromatic rings. The molecule has 1 aliphatic rings. The number of nitrogens with zero attached hydrogens (tertiary/aromatic N) is 4. The van der Waals surface area contributed by atoms with Gasteiger partial charge in [0.25, 0.3) is 0 Å². The number of halogens is 1. The Morgan fingerprint density at radius 1 is 1.14 bits per heavy atom. The lowest BCUT2D eigenvalue weighted by molar-refractivity contribution is -0.129. The van der Waals surface area contributed by atoms with Crippen LogP contribution in [0.4, 0.5) is 23.0 Å². The molecule has 1 aliphatic heterocycles. The maximum Gasteiger partial charge on any atom is 0.247 e. The number of carbonyl (C=O) groups is 3. The van der Waals surface area contributed by atoms with Crippen LogP contribution >= 0.6 is 11.6 Å². The molecule has 1 saturated heterocycles. The molecule has 4 rings (SSSR count). The number of amides is 2. The van der Waals surface area contributed by atoms with Gasteiger partial charge < -0.3 is 25.2 Å². The molecule has 1 aromatic heterocycles. The molecule has 37 heavy (non-hydrogen) atoms. The quantitative estimate of drug-likeness (QED) is 0.334. The average molecular weight is 521 g/mol. The first-order valence-electron chi connectivity index (χ1n) is 11.5. The zero-order valence-corrected chi connectivity index (χ0v) is 20.9. The molecule has 2 heterocycles. The Kier molecular flexibility index (Phi) is 7.99. The maximum absolute atomic E-state index is 11.9. The van der Waals surface area contributed by atoms with Crippen molar-refractivity contribution in [1.82, 2.24) is 14.9 Å². The van der Waals surface area contributed by atoms with Gasteiger partial charge >= 0.3 is 0 Å². The third-order valence-electron chi connectivity index (χ3n) is 5.71. The van der Waals surface area contributed by atoms with Gasteiger partial charge in [0.2, 0.25) is 23.6 Å². The molecule has 0 aliphatic carbocycles. The molecule has 2 amide bonds. The molecule has 0 spiro atoms. The summed E-state index contributed by atoms with van der Waals surface area (Å²) in [5, 5.41) is 5.88. The van der Waals surface area contributed by atoms with E-state index in [4.69, 9.17) is 16.3 Å². The summed E-state index contributed by atoms with van der Waals surface area (Å²) in [6.45, 7) is 7.64. The summed E-state index contributed by atoms with van der Waals surface area (Å²) >= 11 is 6.24. The van der Waals surface area contributed by atoms with Crippen LogP contribution in [0.25, 0.3) is 0 Å². The highest BCUT2D eigenvalue weighted by Gasteiger charge is 2.20. The predicted octanol–water partition coefficient (Wildman–Crippen LogP) is 4.27. The number of rotatable bonds is 8. The fourth-order valence-corrected chi connectivity index (χ4v) is 3.91. The molecule has 10 nitrogen and oxygen atoms in total. The Balaban J connectivity index is 1.49. The van der Waals surface area contributed by atoms with Gasteiger partial charge in [-0.3, -0.25) is 14.4 Å². The molecule has 2 N–H and O–H groups in total. The van der Waals surface area contributed by atoms with Gasteiger partial charge in [-0.25, -0.2) is 4.98 Å². The summed E-state index contributed by atoms with van der Waals surface area (Å²) in [6.07, 6.45) is 3.31. The van der Waals surface area contributed by atoms with E-state index in [2.05, 4.69) is 32.1 Å². The fourth-order valence-electron chi connectivity index (χ4n) is 3.78. The highest BCUT2D eigenvalue weighted by atomic mass is 35.5. The van der Waals surface area contributed by atoms with E-state index in [9.17, 15) is 14.4 Å². The van der Waals surface area contributed by atoms with Crippen LogP contribution in [-0.2, 0) is 9.59 Å². The van der Waals surface area contributed by atoms with Crippen molar-refractivity contribution >= 4 is 52.7 Å². The average Bonchev–Trinajstić information content (AvgIpc) is 2.91. The second-order valence-corrected chi connectivity index (χ2v) is 8.58. The lowest BCUT2D eigenvalue weighted by Gasteiger charge is -2.35. The van der Waals surface area contributed by atoms with Crippen molar-refractivity contribution in [2.24, 2.45) is 0 Å². The number of anilines is 4. The van der Waals surface area contributed by atoms with E-state index in [1.165, 1.54) is 12.3 Å². The Bertz CT molecular complexity index is 1340. The summed E-state index contributed by atoms with van der Waals surface area (Å²) < 4.78 is 5.82. The van der Waals surface area contributed by atoms with E-state index in [0.717, 1.165) is 12.0 Å². The predicted molar refractivity (Wildman–Crippen MR) is 142 cm³/mol. The highest BCUT2D eigenvalue weighted by molar-refractivity contribution is 6.31. The van der Waals surface area contributed by atoms with Crippen molar-refractivity contribution in [1.29, 1.82) is 0 Å². The van der Waals surface area contributed by atoms with Gasteiger partial charge in [-0.05, 0) is 36.4 Å². The Morgan fingerprint density at radius 3 is 2.62 bits per heavy atom. The Hall–Kier alpha value is -4.44. The van der Waals surface area contributed by atoms with Crippen LogP contribution in [0.3, 0.4) is 0 Å². The molecule has 190 valence electrons. The number of nitrogens with one attached hydrogen (secondary N) is 2. The zero-order chi connectivity index (χ0) is 26.4. The molecule has 0 bridgehead atoms. The number of aromatic nitrogens is 2. The Morgan fingerprint density at radius 2 is 1.92 bits per heavy atom. The van der Waals surface area contributed by atoms with Gasteiger partial charge in [-0.1, -0.05) is 24.2 Å². The number of hydrogen-bond donors (Lipinski definition) is 2. The van der Waals surface area contributed by atoms with Crippen LogP contribution in [-0.4, -0.2) is 59.1 Å². The van der Waals surface area contributed by atoms with Crippen LogP contribution in [0.5, 0.6) is 11.6 Å². The van der Waals surface area contributed by atoms with E-state index in [1.54, 1.807) is 48.2 Å². The standard InChI is InChI=1S/C26H25ClN6O4/c1-3-24(36)29-19-5-4-6-21(14-19)37-25-22(27)15-28-26(31-25)30-23-8-7-20(13-18(23)16-34)33-11-9-32(10-12-33)17(2)35/h3-8,13-16H,1,9-12H2,2H3,(H,29,36)(H,28,30,31). The number of benzene rings is 2. The molecule has 0 radical (unpaired) electrons. The SMILES string of the molecule is C=CC(=O)Nc1cccc(Oc2nc(Nc3ccc(N4CCN(C(C)=O)CC4)cc3C=O)ncc2Cl)c1. The number of ether oxygens (including phenoxy) is 1. The summed E-state index contributed by atoms with van der Waals surface area (Å²) in [5.41, 5.74) is 2.35. The fraction of sp³-hybridized carbons (Fsp3) is 0.192. The Labute approximate surface area is 218 Å². The second-order valence-electron chi connectivity index (χ2n) is 8.18. The molecule has 0 unspecified atom stereocenters. The third kappa shape index (κ3) is 6.42. The van der Waals surface area contributed by atoms with Crippen molar-refractivity contribution < 1.29 is 19.1 Å². The van der Waals surface area contributed by atoms with Crippen molar-refractivity contribution in [3.63, 3.8) is 0 Å². The van der Waals surface area contributed by atoms with Gasteiger partial charge in [0.1, 0.15) is 10.8 Å². The summed E-state index contributed by atoms with van der Waals surface area (Å²) in [6, 6.07) is 12.2. The topological polar surface area (TPSA) is 117 Å². The van der Waals surface area contributed by atoms with Crippen LogP contribution in [0.1, 0.15) is 17.3 Å². The lowest BCUT2D eigenvalue weighted by atomic mass is 10.1. The minimum atomic E-state index is -0.348. The first-order valence-corrected chi connectivity index (χ1v) is 11.8. The molecule has 0 atom stereocenters. The van der Waals surface area contributed by atoms with Gasteiger partial charge in [-0.2, -0.15) is 4.98 Å². The van der Waals surface area contributed by atoms with Gasteiger partial charge in [0.05, 0.1) is 11.9 Å². The molecule has 0 saturated carbocycles. The van der Waals surface area contributed by atoms with Crippen LogP contribution in [0.2, 0.25) is 5.02 Å². The summed E-state index contributed by atoms with van der Waals surface area (Å²) in [5.74, 6) is 0.391. The molecule has 1 fully saturated rings. The molecule has 2 aromatic carbocycles. The van der Waals surface area contributed by atoms with Gasteiger partial charge in [0.15, 0.2) is 6.29 Å². The first kappa shape index (κ1) is 25.6. The number of carbonyl (C=O) groups excluding carboxylic acids is 3. The van der Waals surface area contributed by atoms with Crippen LogP contribution < -0.4 is 20.3 Å². The first-order chi connectivity index (χ1) is 17.9. The third-order valence-corrected chi connectivity index (χ3v) is 5.97. The van der Waals surface area contributed by atoms with E-state index >= 15 is 0 Å². The van der Waals surface area contributed by atoms with E-state index in [-0.39, 0.29) is 28.7 Å². The van der Waals surface area contributed by atoms with Gasteiger partial charge in [0, 0.05) is 56.1 Å². The van der Waals surface area contributed by atoms with Crippen LogP contribution in [0.15, 0.2) is 61.3 Å². The second kappa shape index (κ2) is 11.5. The minimum absolute atomic E-state index is 0.0614. The van der Waals surface area contributed by atoms with E-state index in [0.29, 0.717) is 48.9 Å². The minimum Gasteiger partial charge on any atom is -0.437 e. The molecule has 11 heteroatoms. The number of aldehydes is 1. The van der Waals surface area contributed by atoms with Crippen molar-refractivity contribution in [2.45, 2.75) is 6.92 Å². The van der Waals surface area contributed by atoms with Crippen molar-refractivity contribution in [3.8, 4) is 11.6 Å². The highest BCUT2D eigenvalue weighted by Crippen LogP contribution is 2.31. The van der Waals surface area contributed by atoms with Crippen molar-refractivity contribution in [3.05, 3.63) is 71.9 Å². The number of hydrogen-bond acceptors (Lipinski definition) is 8. The smallest absolute Gasteiger partial charge is 0.247 e. The largest absolute Gasteiger partial charge is 0.437 e. The summed E-state index contributed by atoms with van der Waals surface area (Å²) in [7, 11) is 0. The summed E-state index contributed by atoms with van der Waals surface area (Å²) in [4.78, 5) is 47.5. The van der Waals surface area contributed by atoms with E-state index < -0.39 is 0 Å². The lowest BCUT2D eigenvalue weighted by Crippen LogP contribution is -2.48. The van der Waals surface area contributed by atoms with Crippen molar-refractivity contribution in [2.75, 3.05) is 41.7 Å². The van der Waals surface area contributed by atoms with Gasteiger partial charge in [-0.15, -0.1) is 0 Å². The van der Waals surface area contributed by atoms with Crippen LogP contribution in [0, 0.1) is 0 Å². The molecular weight excluding hydrogens is 496 g/mol. The zero-order valence-electron chi connectivity index (χ0n) is 20.1. The normalized spacial score (nSPS) is 13.0. The van der Waals surface area contributed by atoms with E-state index in [1.807, 2.05) is 6.07 Å². The molecular formula is C26H25ClN6O4. The maximum atomic E-state index is 11.9. The number of piperazine rings is 1.